The lowest BCUT2D eigenvalue weighted by Gasteiger charge is -2.40. The summed E-state index contributed by atoms with van der Waals surface area (Å²) >= 11 is 0. The van der Waals surface area contributed by atoms with Crippen molar-refractivity contribution in [1.82, 2.24) is 26.2 Å². The molecule has 3 aliphatic carbocycles. The minimum Gasteiger partial charge on any atom is -0.460 e. The molecule has 5 amide bonds. The molecule has 4 aliphatic rings. The number of carbonyl (C=O) groups excluding carboxylic acids is 6. The number of fused-ring (bicyclic) bond motifs is 1. The second-order valence-electron chi connectivity index (χ2n) is 20.2. The van der Waals surface area contributed by atoms with Gasteiger partial charge in [0.2, 0.25) is 17.6 Å². The van der Waals surface area contributed by atoms with Crippen molar-refractivity contribution in [1.29, 1.82) is 0 Å². The van der Waals surface area contributed by atoms with Crippen LogP contribution in [0.5, 0.6) is 0 Å². The maximum atomic E-state index is 14.6. The first-order valence-corrected chi connectivity index (χ1v) is 23.5. The molecule has 0 aromatic heterocycles. The van der Waals surface area contributed by atoms with Gasteiger partial charge in [0.25, 0.3) is 5.91 Å². The number of Topliss-reactive ketones (excluding diaryl/α,β-unsaturated/α-hetero) is 1. The quantitative estimate of drug-likeness (QED) is 0.0732. The van der Waals surface area contributed by atoms with Gasteiger partial charge >= 0.3 is 12.0 Å². The molecule has 1 aliphatic heterocycles. The fourth-order valence-electron chi connectivity index (χ4n) is 8.86. The molecule has 4 rings (SSSR count). The van der Waals surface area contributed by atoms with Crippen LogP contribution in [0.1, 0.15) is 159 Å². The van der Waals surface area contributed by atoms with E-state index in [2.05, 4.69) is 42.0 Å². The minimum atomic E-state index is -3.58. The summed E-state index contributed by atoms with van der Waals surface area (Å²) in [6.45, 7) is 16.6. The molecule has 1 saturated heterocycles. The number of piperidine rings is 1. The lowest BCUT2D eigenvalue weighted by Crippen LogP contribution is -2.62. The summed E-state index contributed by atoms with van der Waals surface area (Å²) in [5.41, 5.74) is -1.89. The standard InChI is InChI=1S/C43H73N5O9S/c1-10-11-12-13-15-18-30(46-39(54)47-43(22-16-14-17-23-43)27-58(55,56)41(5,6)7)38(53)48-26-29-33(42(29,8)9)34(48)36(51)45-31(25-28-19-20-28)35(50)37(52)44-24-21-32(49)57-40(2,3)4/h28-31,33-34H,10-27H2,1-9H3,(H,44,52)(H,45,51)(H2,46,47,54)/t29-,30?,31?,33-,34-/m0/s1. The Labute approximate surface area is 347 Å². The van der Waals surface area contributed by atoms with Crippen LogP contribution in [-0.2, 0) is 38.5 Å². The van der Waals surface area contributed by atoms with Crippen LogP contribution in [0.4, 0.5) is 4.79 Å². The maximum Gasteiger partial charge on any atom is 0.315 e. The highest BCUT2D eigenvalue weighted by Crippen LogP contribution is 2.65. The van der Waals surface area contributed by atoms with Crippen molar-refractivity contribution in [3.8, 4) is 0 Å². The van der Waals surface area contributed by atoms with Crippen LogP contribution in [0.15, 0.2) is 0 Å². The Morgan fingerprint density at radius 2 is 1.50 bits per heavy atom. The van der Waals surface area contributed by atoms with E-state index in [1.165, 1.54) is 0 Å². The van der Waals surface area contributed by atoms with Gasteiger partial charge < -0.3 is 30.9 Å². The predicted molar refractivity (Wildman–Crippen MR) is 222 cm³/mol. The van der Waals surface area contributed by atoms with E-state index in [0.29, 0.717) is 32.2 Å². The summed E-state index contributed by atoms with van der Waals surface area (Å²) in [6.07, 6.45) is 10.4. The normalized spacial score (nSPS) is 23.5. The number of carbonyl (C=O) groups is 6. The third kappa shape index (κ3) is 12.6. The molecule has 0 aromatic carbocycles. The Kier molecular flexibility index (Phi) is 15.5. The largest absolute Gasteiger partial charge is 0.460 e. The Morgan fingerprint density at radius 3 is 2.09 bits per heavy atom. The monoisotopic (exact) mass is 836 g/mol. The maximum absolute atomic E-state index is 14.6. The third-order valence-electron chi connectivity index (χ3n) is 12.7. The molecule has 2 unspecified atom stereocenters. The molecule has 330 valence electrons. The Morgan fingerprint density at radius 1 is 0.862 bits per heavy atom. The van der Waals surface area contributed by atoms with Crippen LogP contribution in [0, 0.1) is 23.2 Å². The molecule has 58 heavy (non-hydrogen) atoms. The zero-order valence-electron chi connectivity index (χ0n) is 36.7. The number of urea groups is 1. The fourth-order valence-corrected chi connectivity index (χ4v) is 10.4. The molecule has 0 radical (unpaired) electrons. The second-order valence-corrected chi connectivity index (χ2v) is 22.9. The number of nitrogens with one attached hydrogen (secondary N) is 4. The van der Waals surface area contributed by atoms with E-state index in [9.17, 15) is 37.2 Å². The number of hydrogen-bond donors (Lipinski definition) is 4. The zero-order chi connectivity index (χ0) is 43.3. The Hall–Kier alpha value is -3.23. The zero-order valence-corrected chi connectivity index (χ0v) is 37.5. The molecule has 0 spiro atoms. The van der Waals surface area contributed by atoms with Crippen molar-refractivity contribution in [2.24, 2.45) is 23.2 Å². The second kappa shape index (κ2) is 19.0. The number of rotatable bonds is 20. The smallest absolute Gasteiger partial charge is 0.315 e. The summed E-state index contributed by atoms with van der Waals surface area (Å²) < 4.78 is 31.1. The van der Waals surface area contributed by atoms with Gasteiger partial charge in [-0.25, -0.2) is 13.2 Å². The first-order chi connectivity index (χ1) is 26.9. The van der Waals surface area contributed by atoms with Gasteiger partial charge in [0.1, 0.15) is 17.7 Å². The number of likely N-dealkylation sites (tertiary alicyclic amines) is 1. The van der Waals surface area contributed by atoms with Crippen molar-refractivity contribution in [2.45, 2.75) is 193 Å². The van der Waals surface area contributed by atoms with Crippen LogP contribution < -0.4 is 21.3 Å². The van der Waals surface area contributed by atoms with Gasteiger partial charge in [-0.05, 0) is 90.4 Å². The number of amides is 5. The summed E-state index contributed by atoms with van der Waals surface area (Å²) in [5.74, 6) is -3.27. The summed E-state index contributed by atoms with van der Waals surface area (Å²) in [6, 6.07) is -3.58. The van der Waals surface area contributed by atoms with Gasteiger partial charge in [0.15, 0.2) is 9.84 Å². The van der Waals surface area contributed by atoms with Crippen LogP contribution in [0.25, 0.3) is 0 Å². The van der Waals surface area contributed by atoms with E-state index < -0.39 is 79.4 Å². The molecular weight excluding hydrogens is 763 g/mol. The Balaban J connectivity index is 1.51. The topological polar surface area (TPSA) is 197 Å². The number of hydrogen-bond acceptors (Lipinski definition) is 9. The van der Waals surface area contributed by atoms with Crippen LogP contribution in [0.3, 0.4) is 0 Å². The molecular formula is C43H73N5O9S. The van der Waals surface area contributed by atoms with Crippen LogP contribution in [0.2, 0.25) is 0 Å². The van der Waals surface area contributed by atoms with Crippen molar-refractivity contribution >= 4 is 45.3 Å². The molecule has 15 heteroatoms. The van der Waals surface area contributed by atoms with E-state index >= 15 is 0 Å². The molecule has 1 heterocycles. The molecule has 4 N–H and O–H groups in total. The van der Waals surface area contributed by atoms with Crippen LogP contribution >= 0.6 is 0 Å². The lowest BCUT2D eigenvalue weighted by molar-refractivity contribution is -0.154. The van der Waals surface area contributed by atoms with Gasteiger partial charge in [-0.15, -0.1) is 0 Å². The van der Waals surface area contributed by atoms with Gasteiger partial charge in [0.05, 0.1) is 28.5 Å². The molecule has 0 bridgehead atoms. The minimum absolute atomic E-state index is 0.0353. The van der Waals surface area contributed by atoms with E-state index in [-0.39, 0.29) is 48.3 Å². The van der Waals surface area contributed by atoms with E-state index in [0.717, 1.165) is 57.8 Å². The molecule has 14 nitrogen and oxygen atoms in total. The van der Waals surface area contributed by atoms with Gasteiger partial charge in [-0.3, -0.25) is 24.0 Å². The molecule has 3 saturated carbocycles. The average molecular weight is 836 g/mol. The average Bonchev–Trinajstić information content (AvgIpc) is 3.96. The number of nitrogens with zero attached hydrogens (tertiary/aromatic N) is 1. The van der Waals surface area contributed by atoms with Crippen molar-refractivity contribution < 1.29 is 41.9 Å². The van der Waals surface area contributed by atoms with Crippen molar-refractivity contribution in [2.75, 3.05) is 18.8 Å². The predicted octanol–water partition coefficient (Wildman–Crippen LogP) is 5.12. The van der Waals surface area contributed by atoms with E-state index in [4.69, 9.17) is 4.74 Å². The van der Waals surface area contributed by atoms with E-state index in [1.54, 1.807) is 46.4 Å². The molecule has 0 aromatic rings. The van der Waals surface area contributed by atoms with Gasteiger partial charge in [0, 0.05) is 13.1 Å². The number of sulfone groups is 1. The summed E-state index contributed by atoms with van der Waals surface area (Å²) in [4.78, 5) is 83.2. The third-order valence-corrected chi connectivity index (χ3v) is 15.5. The van der Waals surface area contributed by atoms with Crippen molar-refractivity contribution in [3.05, 3.63) is 0 Å². The van der Waals surface area contributed by atoms with Crippen LogP contribution in [-0.4, -0.2) is 102 Å². The Bertz CT molecular complexity index is 1620. The van der Waals surface area contributed by atoms with Crippen molar-refractivity contribution in [3.63, 3.8) is 0 Å². The lowest BCUT2D eigenvalue weighted by atomic mass is 9.83. The fraction of sp³-hybridized carbons (Fsp3) is 0.860. The molecule has 5 atom stereocenters. The molecule has 4 fully saturated rings. The van der Waals surface area contributed by atoms with Gasteiger partial charge in [-0.1, -0.05) is 85.0 Å². The number of ether oxygens (including phenoxy) is 1. The number of ketones is 1. The van der Waals surface area contributed by atoms with E-state index in [1.807, 2.05) is 0 Å². The first-order valence-electron chi connectivity index (χ1n) is 21.9. The summed E-state index contributed by atoms with van der Waals surface area (Å²) in [7, 11) is -3.58. The summed E-state index contributed by atoms with van der Waals surface area (Å²) in [5, 5.41) is 11.3. The highest BCUT2D eigenvalue weighted by molar-refractivity contribution is 7.92. The first kappa shape index (κ1) is 47.4. The number of unbranched alkanes of at least 4 members (excludes halogenated alkanes) is 4. The highest BCUT2D eigenvalue weighted by atomic mass is 32.2. The highest BCUT2D eigenvalue weighted by Gasteiger charge is 2.69. The number of esters is 1. The SMILES string of the molecule is CCCCCCCC(NC(=O)NC1(CS(=O)(=O)C(C)(C)C)CCCCC1)C(=O)N1C[C@H]2[C@@H]([C@H]1C(=O)NC(CC1CC1)C(=O)C(=O)NCCC(=O)OC(C)(C)C)C2(C)C. The van der Waals surface area contributed by atoms with Gasteiger partial charge in [-0.2, -0.15) is 0 Å².